The Morgan fingerprint density at radius 2 is 1.86 bits per heavy atom. The van der Waals surface area contributed by atoms with Crippen LogP contribution in [0.1, 0.15) is 16.8 Å². The smallest absolute Gasteiger partial charge is 0.272 e. The first-order valence-electron chi connectivity index (χ1n) is 5.53. The molecule has 0 aliphatic rings. The lowest BCUT2D eigenvalue weighted by atomic mass is 10.2. The molecular weight excluding hydrogens is 528 g/mol. The van der Waals surface area contributed by atoms with Gasteiger partial charge in [0.05, 0.1) is 9.13 Å². The van der Waals surface area contributed by atoms with Gasteiger partial charge in [0, 0.05) is 16.5 Å². The van der Waals surface area contributed by atoms with Gasteiger partial charge in [-0.25, -0.2) is 0 Å². The second-order valence-electron chi connectivity index (χ2n) is 4.05. The highest BCUT2D eigenvalue weighted by molar-refractivity contribution is 14.1. The number of rotatable bonds is 6. The predicted octanol–water partition coefficient (Wildman–Crippen LogP) is 1.18. The van der Waals surface area contributed by atoms with Gasteiger partial charge < -0.3 is 10.4 Å². The molecule has 0 aliphatic heterocycles. The second kappa shape index (κ2) is 7.69. The van der Waals surface area contributed by atoms with Crippen LogP contribution in [0.3, 0.4) is 0 Å². The molecule has 1 aromatic carbocycles. The molecule has 10 heteroatoms. The Morgan fingerprint density at radius 1 is 1.24 bits per heavy atom. The Labute approximate surface area is 148 Å². The van der Waals surface area contributed by atoms with Gasteiger partial charge in [-0.1, -0.05) is 0 Å². The van der Waals surface area contributed by atoms with E-state index >= 15 is 0 Å². The average Bonchev–Trinajstić information content (AvgIpc) is 2.31. The van der Waals surface area contributed by atoms with Crippen molar-refractivity contribution in [3.05, 3.63) is 24.8 Å². The van der Waals surface area contributed by atoms with Crippen molar-refractivity contribution in [2.45, 2.75) is 6.42 Å². The van der Waals surface area contributed by atoms with Gasteiger partial charge in [0.25, 0.3) is 16.0 Å². The minimum Gasteiger partial charge on any atom is -0.506 e. The Kier molecular flexibility index (Phi) is 6.80. The quantitative estimate of drug-likeness (QED) is 0.369. The maximum absolute atomic E-state index is 11.9. The number of hydrogen-bond acceptors (Lipinski definition) is 5. The SMILES string of the molecule is O=C(CCNC(=O)c1cc(I)cc(I)c1O)CS(=O)(=O)O. The van der Waals surface area contributed by atoms with Crippen LogP contribution in [0.5, 0.6) is 5.75 Å². The zero-order valence-electron chi connectivity index (χ0n) is 10.5. The Hall–Kier alpha value is -0.470. The fraction of sp³-hybridized carbons (Fsp3) is 0.273. The van der Waals surface area contributed by atoms with Crippen LogP contribution >= 0.6 is 45.2 Å². The number of carbonyl (C=O) groups is 2. The van der Waals surface area contributed by atoms with Crippen molar-refractivity contribution in [2.24, 2.45) is 0 Å². The third-order valence-corrected chi connectivity index (χ3v) is 4.44. The number of ketones is 1. The molecule has 0 heterocycles. The lowest BCUT2D eigenvalue weighted by molar-refractivity contribution is -0.116. The lowest BCUT2D eigenvalue weighted by Crippen LogP contribution is -2.28. The van der Waals surface area contributed by atoms with Gasteiger partial charge in [-0.05, 0) is 57.3 Å². The van der Waals surface area contributed by atoms with E-state index in [9.17, 15) is 23.1 Å². The number of Topliss-reactive ketones (excluding diaryl/α,β-unsaturated/α-hetero) is 1. The highest BCUT2D eigenvalue weighted by atomic mass is 127. The zero-order valence-corrected chi connectivity index (χ0v) is 15.6. The molecule has 1 aromatic rings. The van der Waals surface area contributed by atoms with Gasteiger partial charge in [-0.3, -0.25) is 14.1 Å². The molecule has 0 aromatic heterocycles. The highest BCUT2D eigenvalue weighted by Gasteiger charge is 2.16. The van der Waals surface area contributed by atoms with Crippen molar-refractivity contribution in [3.63, 3.8) is 0 Å². The molecule has 0 radical (unpaired) electrons. The molecule has 21 heavy (non-hydrogen) atoms. The molecule has 1 rings (SSSR count). The van der Waals surface area contributed by atoms with E-state index in [1.807, 2.05) is 45.2 Å². The summed E-state index contributed by atoms with van der Waals surface area (Å²) in [4.78, 5) is 23.1. The van der Waals surface area contributed by atoms with Crippen molar-refractivity contribution >= 4 is 67.0 Å². The Bertz CT molecular complexity index is 674. The number of carbonyl (C=O) groups excluding carboxylic acids is 2. The molecular formula is C11H11I2NO6S. The first kappa shape index (κ1) is 18.6. The first-order chi connectivity index (χ1) is 9.60. The van der Waals surface area contributed by atoms with Gasteiger partial charge >= 0.3 is 0 Å². The molecule has 0 saturated carbocycles. The normalized spacial score (nSPS) is 11.2. The number of amides is 1. The van der Waals surface area contributed by atoms with Gasteiger partial charge in [0.1, 0.15) is 11.5 Å². The van der Waals surface area contributed by atoms with Crippen LogP contribution in [-0.2, 0) is 14.9 Å². The van der Waals surface area contributed by atoms with Gasteiger partial charge in [0.15, 0.2) is 5.78 Å². The van der Waals surface area contributed by atoms with Gasteiger partial charge in [-0.2, -0.15) is 8.42 Å². The van der Waals surface area contributed by atoms with E-state index in [0.717, 1.165) is 3.57 Å². The van der Waals surface area contributed by atoms with Gasteiger partial charge in [-0.15, -0.1) is 0 Å². The van der Waals surface area contributed by atoms with Crippen LogP contribution in [-0.4, -0.2) is 42.1 Å². The number of benzene rings is 1. The summed E-state index contributed by atoms with van der Waals surface area (Å²) in [7, 11) is -4.35. The molecule has 1 amide bonds. The fourth-order valence-corrected chi connectivity index (χ4v) is 3.82. The van der Waals surface area contributed by atoms with Crippen molar-refractivity contribution in [1.82, 2.24) is 5.32 Å². The molecule has 0 bridgehead atoms. The second-order valence-corrected chi connectivity index (χ2v) is 7.91. The summed E-state index contributed by atoms with van der Waals surface area (Å²) in [6.45, 7) is -0.0886. The monoisotopic (exact) mass is 539 g/mol. The molecule has 0 atom stereocenters. The van der Waals surface area contributed by atoms with Crippen LogP contribution in [0.25, 0.3) is 0 Å². The van der Waals surface area contributed by atoms with Crippen LogP contribution in [0.4, 0.5) is 0 Å². The highest BCUT2D eigenvalue weighted by Crippen LogP contribution is 2.26. The van der Waals surface area contributed by atoms with Crippen molar-refractivity contribution in [3.8, 4) is 5.75 Å². The van der Waals surface area contributed by atoms with E-state index in [-0.39, 0.29) is 24.3 Å². The van der Waals surface area contributed by atoms with E-state index in [1.165, 1.54) is 6.07 Å². The first-order valence-corrected chi connectivity index (χ1v) is 9.30. The molecule has 116 valence electrons. The third kappa shape index (κ3) is 6.44. The number of phenols is 1. The summed E-state index contributed by atoms with van der Waals surface area (Å²) in [6.07, 6.45) is -0.229. The molecule has 7 nitrogen and oxygen atoms in total. The van der Waals surface area contributed by atoms with E-state index in [2.05, 4.69) is 5.32 Å². The number of phenolic OH excluding ortho intramolecular Hbond substituents is 1. The maximum Gasteiger partial charge on any atom is 0.272 e. The number of hydrogen-bond donors (Lipinski definition) is 3. The summed E-state index contributed by atoms with van der Waals surface area (Å²) in [5.74, 6) is -2.41. The summed E-state index contributed by atoms with van der Waals surface area (Å²) in [6, 6.07) is 3.19. The maximum atomic E-state index is 11.9. The molecule has 0 fully saturated rings. The summed E-state index contributed by atoms with van der Waals surface area (Å²) < 4.78 is 30.8. The number of halogens is 2. The van der Waals surface area contributed by atoms with Crippen molar-refractivity contribution < 1.29 is 27.7 Å². The number of aromatic hydroxyl groups is 1. The third-order valence-electron chi connectivity index (χ3n) is 2.31. The van der Waals surface area contributed by atoms with Crippen molar-refractivity contribution in [1.29, 1.82) is 0 Å². The molecule has 0 spiro atoms. The summed E-state index contributed by atoms with van der Waals surface area (Å²) in [5, 5.41) is 12.2. The lowest BCUT2D eigenvalue weighted by Gasteiger charge is -2.08. The molecule has 3 N–H and O–H groups in total. The predicted molar refractivity (Wildman–Crippen MR) is 91.9 cm³/mol. The van der Waals surface area contributed by atoms with E-state index < -0.39 is 27.6 Å². The minimum absolute atomic E-state index is 0.0773. The summed E-state index contributed by atoms with van der Waals surface area (Å²) >= 11 is 3.89. The van der Waals surface area contributed by atoms with Crippen LogP contribution < -0.4 is 5.32 Å². The Morgan fingerprint density at radius 3 is 2.43 bits per heavy atom. The molecule has 0 unspecified atom stereocenters. The van der Waals surface area contributed by atoms with E-state index in [1.54, 1.807) is 6.07 Å². The number of nitrogens with one attached hydrogen (secondary N) is 1. The van der Waals surface area contributed by atoms with Crippen LogP contribution in [0.2, 0.25) is 0 Å². The van der Waals surface area contributed by atoms with Crippen LogP contribution in [0.15, 0.2) is 12.1 Å². The average molecular weight is 539 g/mol. The largest absolute Gasteiger partial charge is 0.506 e. The minimum atomic E-state index is -4.35. The Balaban J connectivity index is 2.61. The molecule has 0 aliphatic carbocycles. The molecule has 0 saturated heterocycles. The van der Waals surface area contributed by atoms with Crippen molar-refractivity contribution in [2.75, 3.05) is 12.3 Å². The fourth-order valence-electron chi connectivity index (χ4n) is 1.43. The van der Waals surface area contributed by atoms with Crippen LogP contribution in [0, 0.1) is 7.14 Å². The topological polar surface area (TPSA) is 121 Å². The van der Waals surface area contributed by atoms with E-state index in [4.69, 9.17) is 4.55 Å². The van der Waals surface area contributed by atoms with Gasteiger partial charge in [0.2, 0.25) is 0 Å². The zero-order chi connectivity index (χ0) is 16.2. The van der Waals surface area contributed by atoms with E-state index in [0.29, 0.717) is 3.57 Å². The summed E-state index contributed by atoms with van der Waals surface area (Å²) in [5.41, 5.74) is 0.0773. The standard InChI is InChI=1S/C11H11I2NO6S/c12-6-3-8(10(16)9(13)4-6)11(17)14-2-1-7(15)5-21(18,19)20/h3-4,16H,1-2,5H2,(H,14,17)(H,18,19,20).